The molecule has 1 amide bonds. The lowest BCUT2D eigenvalue weighted by atomic mass is 10.1. The van der Waals surface area contributed by atoms with Crippen LogP contribution >= 0.6 is 0 Å². The number of hydrogen-bond acceptors (Lipinski definition) is 4. The van der Waals surface area contributed by atoms with E-state index >= 15 is 0 Å². The minimum absolute atomic E-state index is 0.224. The van der Waals surface area contributed by atoms with Gasteiger partial charge in [0.05, 0.1) is 0 Å². The molecule has 6 nitrogen and oxygen atoms in total. The maximum Gasteiger partial charge on any atom is 0.330 e. The Morgan fingerprint density at radius 3 is 2.50 bits per heavy atom. The van der Waals surface area contributed by atoms with Crippen LogP contribution in [0.25, 0.3) is 0 Å². The quantitative estimate of drug-likeness (QED) is 0.881. The Morgan fingerprint density at radius 2 is 1.83 bits per heavy atom. The van der Waals surface area contributed by atoms with Gasteiger partial charge in [0.2, 0.25) is 0 Å². The maximum atomic E-state index is 12.4. The molecular formula is C18H19N3O3. The van der Waals surface area contributed by atoms with E-state index in [1.54, 1.807) is 42.6 Å². The molecule has 1 aliphatic rings. The third kappa shape index (κ3) is 3.53. The highest BCUT2D eigenvalue weighted by Crippen LogP contribution is 2.20. The van der Waals surface area contributed by atoms with Crippen molar-refractivity contribution in [2.75, 3.05) is 18.0 Å². The van der Waals surface area contributed by atoms with Gasteiger partial charge in [0, 0.05) is 25.0 Å². The fourth-order valence-corrected chi connectivity index (χ4v) is 2.85. The molecule has 0 bridgehead atoms. The lowest BCUT2D eigenvalue weighted by molar-refractivity contribution is -0.139. The van der Waals surface area contributed by atoms with Crippen LogP contribution in [0.4, 0.5) is 5.69 Å². The van der Waals surface area contributed by atoms with Crippen molar-refractivity contribution in [3.8, 4) is 0 Å². The number of rotatable bonds is 5. The van der Waals surface area contributed by atoms with Crippen LogP contribution in [0, 0.1) is 0 Å². The fourth-order valence-electron chi connectivity index (χ4n) is 2.85. The highest BCUT2D eigenvalue weighted by atomic mass is 16.4. The van der Waals surface area contributed by atoms with Crippen LogP contribution in [0.5, 0.6) is 0 Å². The predicted molar refractivity (Wildman–Crippen MR) is 90.0 cm³/mol. The first-order chi connectivity index (χ1) is 11.6. The summed E-state index contributed by atoms with van der Waals surface area (Å²) in [7, 11) is 0. The monoisotopic (exact) mass is 325 g/mol. The van der Waals surface area contributed by atoms with Gasteiger partial charge in [0.15, 0.2) is 6.04 Å². The minimum atomic E-state index is -1.11. The number of amides is 1. The molecular weight excluding hydrogens is 306 g/mol. The number of carboxylic acid groups (broad SMARTS) is 1. The molecule has 1 aromatic carbocycles. The van der Waals surface area contributed by atoms with Crippen LogP contribution in [0.2, 0.25) is 0 Å². The van der Waals surface area contributed by atoms with Gasteiger partial charge < -0.3 is 15.3 Å². The first-order valence-corrected chi connectivity index (χ1v) is 7.95. The summed E-state index contributed by atoms with van der Waals surface area (Å²) in [5, 5.41) is 12.0. The normalized spacial score (nSPS) is 15.1. The molecule has 6 heteroatoms. The Hall–Kier alpha value is -2.89. The van der Waals surface area contributed by atoms with E-state index in [1.165, 1.54) is 0 Å². The number of hydrogen-bond donors (Lipinski definition) is 2. The van der Waals surface area contributed by atoms with E-state index in [0.29, 0.717) is 5.56 Å². The molecule has 1 atom stereocenters. The van der Waals surface area contributed by atoms with E-state index in [1.807, 2.05) is 6.07 Å². The van der Waals surface area contributed by atoms with Gasteiger partial charge in [-0.3, -0.25) is 9.78 Å². The van der Waals surface area contributed by atoms with Crippen LogP contribution in [0.15, 0.2) is 48.7 Å². The summed E-state index contributed by atoms with van der Waals surface area (Å²) in [5.41, 5.74) is 1.69. The molecule has 1 fully saturated rings. The van der Waals surface area contributed by atoms with Gasteiger partial charge >= 0.3 is 5.97 Å². The molecule has 24 heavy (non-hydrogen) atoms. The lowest BCUT2D eigenvalue weighted by Gasteiger charge is -2.18. The van der Waals surface area contributed by atoms with Gasteiger partial charge in [-0.25, -0.2) is 4.79 Å². The summed E-state index contributed by atoms with van der Waals surface area (Å²) < 4.78 is 0. The molecule has 1 aliphatic heterocycles. The number of nitrogens with one attached hydrogen (secondary N) is 1. The SMILES string of the molecule is O=C(N[C@@H](C(=O)O)c1ccccc1)c1cc(N2CCCC2)ccn1. The molecule has 0 unspecified atom stereocenters. The summed E-state index contributed by atoms with van der Waals surface area (Å²) in [4.78, 5) is 30.2. The first-order valence-electron chi connectivity index (χ1n) is 7.95. The number of benzene rings is 1. The molecule has 3 rings (SSSR count). The molecule has 0 saturated carbocycles. The average Bonchev–Trinajstić information content (AvgIpc) is 3.15. The second kappa shape index (κ2) is 7.12. The number of aliphatic carboxylic acids is 1. The van der Waals surface area contributed by atoms with Gasteiger partial charge in [-0.2, -0.15) is 0 Å². The van der Waals surface area contributed by atoms with Crippen molar-refractivity contribution in [1.29, 1.82) is 0 Å². The standard InChI is InChI=1S/C18H19N3O3/c22-17(20-16(18(23)24)13-6-2-1-3-7-13)15-12-14(8-9-19-15)21-10-4-5-11-21/h1-3,6-9,12,16H,4-5,10-11H2,(H,20,22)(H,23,24)/t16-/m1/s1. The van der Waals surface area contributed by atoms with Gasteiger partial charge in [-0.15, -0.1) is 0 Å². The highest BCUT2D eigenvalue weighted by molar-refractivity contribution is 5.96. The van der Waals surface area contributed by atoms with Crippen molar-refractivity contribution >= 4 is 17.6 Å². The third-order valence-electron chi connectivity index (χ3n) is 4.10. The zero-order chi connectivity index (χ0) is 16.9. The minimum Gasteiger partial charge on any atom is -0.479 e. The molecule has 2 N–H and O–H groups in total. The van der Waals surface area contributed by atoms with Crippen molar-refractivity contribution in [3.05, 3.63) is 59.9 Å². The average molecular weight is 325 g/mol. The molecule has 1 saturated heterocycles. The Labute approximate surface area is 140 Å². The summed E-state index contributed by atoms with van der Waals surface area (Å²) in [6.45, 7) is 1.93. The van der Waals surface area contributed by atoms with E-state index in [0.717, 1.165) is 31.6 Å². The molecule has 124 valence electrons. The first kappa shape index (κ1) is 16.0. The van der Waals surface area contributed by atoms with Crippen LogP contribution < -0.4 is 10.2 Å². The Bertz CT molecular complexity index is 727. The zero-order valence-electron chi connectivity index (χ0n) is 13.2. The van der Waals surface area contributed by atoms with Crippen LogP contribution in [-0.2, 0) is 4.79 Å². The molecule has 0 aliphatic carbocycles. The molecule has 0 radical (unpaired) electrons. The van der Waals surface area contributed by atoms with Crippen LogP contribution in [0.3, 0.4) is 0 Å². The molecule has 0 spiro atoms. The lowest BCUT2D eigenvalue weighted by Crippen LogP contribution is -2.34. The Balaban J connectivity index is 1.78. The zero-order valence-corrected chi connectivity index (χ0v) is 13.2. The largest absolute Gasteiger partial charge is 0.479 e. The number of nitrogens with zero attached hydrogens (tertiary/aromatic N) is 2. The molecule has 1 aromatic heterocycles. The number of aromatic nitrogens is 1. The van der Waals surface area contributed by atoms with Gasteiger partial charge in [-0.1, -0.05) is 30.3 Å². The number of pyridine rings is 1. The summed E-state index contributed by atoms with van der Waals surface area (Å²) in [5.74, 6) is -1.60. The van der Waals surface area contributed by atoms with E-state index in [4.69, 9.17) is 0 Å². The van der Waals surface area contributed by atoms with Crippen molar-refractivity contribution < 1.29 is 14.7 Å². The third-order valence-corrected chi connectivity index (χ3v) is 4.10. The van der Waals surface area contributed by atoms with E-state index in [2.05, 4.69) is 15.2 Å². The van der Waals surface area contributed by atoms with Crippen molar-refractivity contribution in [1.82, 2.24) is 10.3 Å². The van der Waals surface area contributed by atoms with E-state index < -0.39 is 17.9 Å². The van der Waals surface area contributed by atoms with E-state index in [-0.39, 0.29) is 5.69 Å². The van der Waals surface area contributed by atoms with Gasteiger partial charge in [0.25, 0.3) is 5.91 Å². The van der Waals surface area contributed by atoms with Gasteiger partial charge in [0.1, 0.15) is 5.69 Å². The smallest absolute Gasteiger partial charge is 0.330 e. The maximum absolute atomic E-state index is 12.4. The Morgan fingerprint density at radius 1 is 1.12 bits per heavy atom. The van der Waals surface area contributed by atoms with Crippen LogP contribution in [-0.4, -0.2) is 35.1 Å². The van der Waals surface area contributed by atoms with Crippen molar-refractivity contribution in [2.24, 2.45) is 0 Å². The molecule has 2 aromatic rings. The second-order valence-corrected chi connectivity index (χ2v) is 5.75. The summed E-state index contributed by atoms with van der Waals surface area (Å²) in [6.07, 6.45) is 3.86. The highest BCUT2D eigenvalue weighted by Gasteiger charge is 2.23. The van der Waals surface area contributed by atoms with Crippen molar-refractivity contribution in [2.45, 2.75) is 18.9 Å². The fraction of sp³-hybridized carbons (Fsp3) is 0.278. The topological polar surface area (TPSA) is 82.5 Å². The number of carbonyl (C=O) groups is 2. The number of anilines is 1. The molecule has 2 heterocycles. The van der Waals surface area contributed by atoms with Crippen molar-refractivity contribution in [3.63, 3.8) is 0 Å². The van der Waals surface area contributed by atoms with E-state index in [9.17, 15) is 14.7 Å². The Kier molecular flexibility index (Phi) is 4.74. The second-order valence-electron chi connectivity index (χ2n) is 5.75. The van der Waals surface area contributed by atoms with Crippen LogP contribution in [0.1, 0.15) is 34.9 Å². The number of carbonyl (C=O) groups excluding carboxylic acids is 1. The van der Waals surface area contributed by atoms with Gasteiger partial charge in [-0.05, 0) is 30.5 Å². The summed E-state index contributed by atoms with van der Waals surface area (Å²) >= 11 is 0. The summed E-state index contributed by atoms with van der Waals surface area (Å²) in [6, 6.07) is 11.1. The number of carboxylic acids is 1. The predicted octanol–water partition coefficient (Wildman–Crippen LogP) is 2.24.